The van der Waals surface area contributed by atoms with Crippen molar-refractivity contribution in [3.05, 3.63) is 70.8 Å². The van der Waals surface area contributed by atoms with Gasteiger partial charge in [0.25, 0.3) is 23.6 Å². The third-order valence-corrected chi connectivity index (χ3v) is 5.15. The molecule has 2 heterocycles. The van der Waals surface area contributed by atoms with Crippen molar-refractivity contribution in [3.63, 3.8) is 0 Å². The molecule has 4 rings (SSSR count). The summed E-state index contributed by atoms with van der Waals surface area (Å²) in [6.07, 6.45) is 1.03. The van der Waals surface area contributed by atoms with E-state index < -0.39 is 0 Å². The quantitative estimate of drug-likeness (QED) is 0.767. The lowest BCUT2D eigenvalue weighted by Crippen LogP contribution is -2.39. The summed E-state index contributed by atoms with van der Waals surface area (Å²) in [5.74, 6) is -1.15. The van der Waals surface area contributed by atoms with Gasteiger partial charge < -0.3 is 0 Å². The fraction of sp³-hybridized carbons (Fsp3) is 0.238. The van der Waals surface area contributed by atoms with Crippen molar-refractivity contribution in [2.45, 2.75) is 25.8 Å². The standard InChI is InChI=1S/C21H18N2O4/c1-13(23-20(26)16-10-4-5-11-17(16)21(23)27)7-6-12-22-18(24)14-8-2-3-9-15(14)19(22)25/h2-5,8-11,13H,6-7,12H2,1H3. The van der Waals surface area contributed by atoms with Gasteiger partial charge in [-0.1, -0.05) is 24.3 Å². The maximum atomic E-state index is 12.5. The van der Waals surface area contributed by atoms with Crippen molar-refractivity contribution >= 4 is 23.6 Å². The summed E-state index contributed by atoms with van der Waals surface area (Å²) in [4.78, 5) is 52.3. The van der Waals surface area contributed by atoms with Gasteiger partial charge in [0.2, 0.25) is 0 Å². The Morgan fingerprint density at radius 3 is 1.56 bits per heavy atom. The molecule has 0 saturated carbocycles. The molecule has 0 fully saturated rings. The number of amides is 4. The highest BCUT2D eigenvalue weighted by atomic mass is 16.2. The first-order valence-electron chi connectivity index (χ1n) is 8.93. The van der Waals surface area contributed by atoms with Gasteiger partial charge in [0, 0.05) is 12.6 Å². The van der Waals surface area contributed by atoms with Gasteiger partial charge in [0.05, 0.1) is 22.3 Å². The monoisotopic (exact) mass is 362 g/mol. The molecule has 4 amide bonds. The molecule has 0 N–H and O–H groups in total. The number of fused-ring (bicyclic) bond motifs is 2. The van der Waals surface area contributed by atoms with Gasteiger partial charge in [-0.3, -0.25) is 29.0 Å². The highest BCUT2D eigenvalue weighted by molar-refractivity contribution is 6.22. The van der Waals surface area contributed by atoms with E-state index in [-0.39, 0.29) is 36.2 Å². The van der Waals surface area contributed by atoms with E-state index in [0.717, 1.165) is 0 Å². The Morgan fingerprint density at radius 1 is 0.704 bits per heavy atom. The van der Waals surface area contributed by atoms with E-state index in [0.29, 0.717) is 35.1 Å². The Hall–Kier alpha value is -3.28. The number of hydrogen-bond acceptors (Lipinski definition) is 4. The fourth-order valence-corrected chi connectivity index (χ4v) is 3.72. The zero-order valence-corrected chi connectivity index (χ0v) is 14.8. The second kappa shape index (κ2) is 6.46. The zero-order chi connectivity index (χ0) is 19.1. The van der Waals surface area contributed by atoms with E-state index >= 15 is 0 Å². The smallest absolute Gasteiger partial charge is 0.261 e. The third-order valence-electron chi connectivity index (χ3n) is 5.15. The molecule has 27 heavy (non-hydrogen) atoms. The first kappa shape index (κ1) is 17.1. The molecule has 0 aliphatic carbocycles. The molecule has 0 saturated heterocycles. The number of carbonyl (C=O) groups excluding carboxylic acids is 4. The molecule has 0 radical (unpaired) electrons. The summed E-state index contributed by atoms with van der Waals surface area (Å²) in [5.41, 5.74) is 1.70. The molecular formula is C21H18N2O4. The molecule has 0 spiro atoms. The topological polar surface area (TPSA) is 74.8 Å². The molecule has 2 aliphatic rings. The SMILES string of the molecule is CC(CCCN1C(=O)c2ccccc2C1=O)N1C(=O)c2ccccc2C1=O. The average Bonchev–Trinajstić information content (AvgIpc) is 3.08. The highest BCUT2D eigenvalue weighted by Gasteiger charge is 2.38. The summed E-state index contributed by atoms with van der Waals surface area (Å²) in [5, 5.41) is 0. The average molecular weight is 362 g/mol. The van der Waals surface area contributed by atoms with Gasteiger partial charge in [-0.25, -0.2) is 0 Å². The summed E-state index contributed by atoms with van der Waals surface area (Å²) >= 11 is 0. The number of nitrogens with zero attached hydrogens (tertiary/aromatic N) is 2. The number of hydrogen-bond donors (Lipinski definition) is 0. The van der Waals surface area contributed by atoms with Crippen molar-refractivity contribution < 1.29 is 19.2 Å². The lowest BCUT2D eigenvalue weighted by Gasteiger charge is -2.23. The maximum absolute atomic E-state index is 12.5. The van der Waals surface area contributed by atoms with Crippen LogP contribution in [0.2, 0.25) is 0 Å². The van der Waals surface area contributed by atoms with Gasteiger partial charge >= 0.3 is 0 Å². The van der Waals surface area contributed by atoms with Gasteiger partial charge in [-0.05, 0) is 44.0 Å². The minimum Gasteiger partial charge on any atom is -0.274 e. The molecule has 136 valence electrons. The summed E-state index contributed by atoms with van der Waals surface area (Å²) in [7, 11) is 0. The number of carbonyl (C=O) groups is 4. The fourth-order valence-electron chi connectivity index (χ4n) is 3.72. The number of rotatable bonds is 5. The lowest BCUT2D eigenvalue weighted by molar-refractivity contribution is 0.0565. The van der Waals surface area contributed by atoms with E-state index in [4.69, 9.17) is 0 Å². The van der Waals surface area contributed by atoms with Gasteiger partial charge in [0.15, 0.2) is 0 Å². The normalized spacial score (nSPS) is 16.8. The van der Waals surface area contributed by atoms with Gasteiger partial charge in [-0.15, -0.1) is 0 Å². The van der Waals surface area contributed by atoms with Crippen molar-refractivity contribution in [1.29, 1.82) is 0 Å². The van der Waals surface area contributed by atoms with Crippen LogP contribution < -0.4 is 0 Å². The van der Waals surface area contributed by atoms with Crippen LogP contribution in [0.5, 0.6) is 0 Å². The van der Waals surface area contributed by atoms with Crippen LogP contribution in [0, 0.1) is 0 Å². The van der Waals surface area contributed by atoms with Crippen LogP contribution in [0.15, 0.2) is 48.5 Å². The summed E-state index contributed by atoms with van der Waals surface area (Å²) in [6.45, 7) is 2.07. The van der Waals surface area contributed by atoms with Crippen LogP contribution >= 0.6 is 0 Å². The number of imide groups is 2. The molecule has 0 aromatic heterocycles. The van der Waals surface area contributed by atoms with E-state index in [1.807, 2.05) is 6.92 Å². The molecule has 2 aliphatic heterocycles. The van der Waals surface area contributed by atoms with Gasteiger partial charge in [0.1, 0.15) is 0 Å². The van der Waals surface area contributed by atoms with Crippen LogP contribution in [0.3, 0.4) is 0 Å². The molecule has 2 aromatic rings. The van der Waals surface area contributed by atoms with E-state index in [2.05, 4.69) is 0 Å². The first-order chi connectivity index (χ1) is 13.0. The predicted molar refractivity (Wildman–Crippen MR) is 97.4 cm³/mol. The Balaban J connectivity index is 1.39. The molecular weight excluding hydrogens is 344 g/mol. The van der Waals surface area contributed by atoms with Gasteiger partial charge in [-0.2, -0.15) is 0 Å². The predicted octanol–water partition coefficient (Wildman–Crippen LogP) is 2.75. The Bertz CT molecular complexity index is 912. The largest absolute Gasteiger partial charge is 0.274 e. The lowest BCUT2D eigenvalue weighted by atomic mass is 10.1. The maximum Gasteiger partial charge on any atom is 0.261 e. The Labute approximate surface area is 156 Å². The first-order valence-corrected chi connectivity index (χ1v) is 8.93. The third kappa shape index (κ3) is 2.65. The van der Waals surface area contributed by atoms with E-state index in [1.165, 1.54) is 9.80 Å². The minimum absolute atomic E-state index is 0.264. The second-order valence-electron chi connectivity index (χ2n) is 6.82. The second-order valence-corrected chi connectivity index (χ2v) is 6.82. The Morgan fingerprint density at radius 2 is 1.11 bits per heavy atom. The van der Waals surface area contributed by atoms with Crippen molar-refractivity contribution in [2.24, 2.45) is 0 Å². The van der Waals surface area contributed by atoms with Crippen LogP contribution in [0.25, 0.3) is 0 Å². The molecule has 2 aromatic carbocycles. The van der Waals surface area contributed by atoms with Crippen LogP contribution in [0.1, 0.15) is 61.2 Å². The van der Waals surface area contributed by atoms with E-state index in [1.54, 1.807) is 48.5 Å². The minimum atomic E-state index is -0.312. The van der Waals surface area contributed by atoms with Crippen LogP contribution in [0.4, 0.5) is 0 Å². The zero-order valence-electron chi connectivity index (χ0n) is 14.8. The van der Waals surface area contributed by atoms with Crippen LogP contribution in [-0.2, 0) is 0 Å². The molecule has 6 heteroatoms. The number of benzene rings is 2. The molecule has 0 bridgehead atoms. The van der Waals surface area contributed by atoms with Crippen molar-refractivity contribution in [1.82, 2.24) is 9.80 Å². The summed E-state index contributed by atoms with van der Waals surface area (Å²) in [6, 6.07) is 13.2. The molecule has 1 atom stereocenters. The molecule has 1 unspecified atom stereocenters. The van der Waals surface area contributed by atoms with Crippen molar-refractivity contribution in [2.75, 3.05) is 6.54 Å². The Kier molecular flexibility index (Phi) is 4.11. The van der Waals surface area contributed by atoms with Crippen molar-refractivity contribution in [3.8, 4) is 0 Å². The van der Waals surface area contributed by atoms with Crippen LogP contribution in [-0.4, -0.2) is 46.0 Å². The highest BCUT2D eigenvalue weighted by Crippen LogP contribution is 2.27. The molecule has 6 nitrogen and oxygen atoms in total. The summed E-state index contributed by atoms with van der Waals surface area (Å²) < 4.78 is 0. The van der Waals surface area contributed by atoms with E-state index in [9.17, 15) is 19.2 Å².